The molecular formula is C22H25N3OS2. The smallest absolute Gasteiger partial charge is 0.228 e. The van der Waals surface area contributed by atoms with Crippen LogP contribution in [-0.2, 0) is 11.2 Å². The second-order valence-electron chi connectivity index (χ2n) is 7.25. The van der Waals surface area contributed by atoms with E-state index >= 15 is 0 Å². The van der Waals surface area contributed by atoms with Crippen molar-refractivity contribution in [2.45, 2.75) is 27.2 Å². The molecule has 1 saturated heterocycles. The van der Waals surface area contributed by atoms with Gasteiger partial charge < -0.3 is 9.80 Å². The summed E-state index contributed by atoms with van der Waals surface area (Å²) in [5.41, 5.74) is 4.94. The second kappa shape index (κ2) is 8.05. The third-order valence-electron chi connectivity index (χ3n) is 5.42. The van der Waals surface area contributed by atoms with Gasteiger partial charge in [-0.15, -0.1) is 22.7 Å². The molecule has 6 heteroatoms. The summed E-state index contributed by atoms with van der Waals surface area (Å²) < 4.78 is 0. The fourth-order valence-electron chi connectivity index (χ4n) is 3.72. The Bertz CT molecular complexity index is 970. The van der Waals surface area contributed by atoms with Crippen LogP contribution in [0, 0.1) is 20.8 Å². The topological polar surface area (TPSA) is 36.4 Å². The lowest BCUT2D eigenvalue weighted by molar-refractivity contribution is -0.130. The number of thiazole rings is 1. The lowest BCUT2D eigenvalue weighted by atomic mass is 10.1. The molecule has 146 valence electrons. The molecule has 1 amide bonds. The number of hydrogen-bond acceptors (Lipinski definition) is 5. The highest BCUT2D eigenvalue weighted by atomic mass is 32.1. The molecule has 0 spiro atoms. The lowest BCUT2D eigenvalue weighted by Gasteiger charge is -2.37. The molecule has 0 atom stereocenters. The molecule has 2 aromatic heterocycles. The number of hydrogen-bond donors (Lipinski definition) is 0. The first-order chi connectivity index (χ1) is 13.5. The van der Waals surface area contributed by atoms with Crippen molar-refractivity contribution in [3.63, 3.8) is 0 Å². The first-order valence-electron chi connectivity index (χ1n) is 9.62. The SMILES string of the molecule is Cc1nc(-c2cccs2)c(CC(=O)N2CCN(c3cccc(C)c3C)CC2)s1. The van der Waals surface area contributed by atoms with Gasteiger partial charge in [-0.3, -0.25) is 4.79 Å². The number of anilines is 1. The number of nitrogens with zero attached hydrogens (tertiary/aromatic N) is 3. The minimum absolute atomic E-state index is 0.210. The molecule has 0 N–H and O–H groups in total. The van der Waals surface area contributed by atoms with E-state index in [-0.39, 0.29) is 5.91 Å². The van der Waals surface area contributed by atoms with E-state index in [1.165, 1.54) is 16.8 Å². The van der Waals surface area contributed by atoms with Gasteiger partial charge in [-0.1, -0.05) is 18.2 Å². The number of carbonyl (C=O) groups is 1. The number of benzene rings is 1. The van der Waals surface area contributed by atoms with Crippen LogP contribution in [0.25, 0.3) is 10.6 Å². The Kier molecular flexibility index (Phi) is 5.51. The van der Waals surface area contributed by atoms with Gasteiger partial charge in [0, 0.05) is 36.7 Å². The Hall–Kier alpha value is -2.18. The van der Waals surface area contributed by atoms with Gasteiger partial charge in [0.1, 0.15) is 0 Å². The Labute approximate surface area is 174 Å². The quantitative estimate of drug-likeness (QED) is 0.625. The molecule has 3 heterocycles. The summed E-state index contributed by atoms with van der Waals surface area (Å²) in [5, 5.41) is 3.08. The van der Waals surface area contributed by atoms with Crippen LogP contribution in [-0.4, -0.2) is 42.0 Å². The Morgan fingerprint density at radius 1 is 1.07 bits per heavy atom. The minimum atomic E-state index is 0.210. The van der Waals surface area contributed by atoms with Crippen molar-refractivity contribution in [2.75, 3.05) is 31.1 Å². The number of piperazine rings is 1. The lowest BCUT2D eigenvalue weighted by Crippen LogP contribution is -2.49. The minimum Gasteiger partial charge on any atom is -0.368 e. The van der Waals surface area contributed by atoms with E-state index in [4.69, 9.17) is 0 Å². The monoisotopic (exact) mass is 411 g/mol. The van der Waals surface area contributed by atoms with Crippen molar-refractivity contribution < 1.29 is 4.79 Å². The molecular weight excluding hydrogens is 386 g/mol. The van der Waals surface area contributed by atoms with Crippen LogP contribution in [0.3, 0.4) is 0 Å². The van der Waals surface area contributed by atoms with Crippen molar-refractivity contribution in [1.29, 1.82) is 0 Å². The molecule has 0 saturated carbocycles. The standard InChI is InChI=1S/C22H25N3OS2/c1-15-6-4-7-18(16(15)2)24-9-11-25(12-10-24)21(26)14-20-22(23-17(3)28-20)19-8-5-13-27-19/h4-8,13H,9-12,14H2,1-3H3. The maximum Gasteiger partial charge on any atom is 0.228 e. The predicted molar refractivity (Wildman–Crippen MR) is 119 cm³/mol. The Balaban J connectivity index is 1.42. The molecule has 0 radical (unpaired) electrons. The van der Waals surface area contributed by atoms with E-state index in [1.54, 1.807) is 22.7 Å². The third-order valence-corrected chi connectivity index (χ3v) is 7.27. The molecule has 4 nitrogen and oxygen atoms in total. The molecule has 1 fully saturated rings. The van der Waals surface area contributed by atoms with Crippen LogP contribution in [0.4, 0.5) is 5.69 Å². The van der Waals surface area contributed by atoms with Crippen molar-refractivity contribution in [3.8, 4) is 10.6 Å². The third kappa shape index (κ3) is 3.84. The summed E-state index contributed by atoms with van der Waals surface area (Å²) in [5.74, 6) is 0.210. The van der Waals surface area contributed by atoms with Gasteiger partial charge in [-0.05, 0) is 49.4 Å². The van der Waals surface area contributed by atoms with Gasteiger partial charge in [0.25, 0.3) is 0 Å². The average Bonchev–Trinajstić information content (AvgIpc) is 3.34. The van der Waals surface area contributed by atoms with Gasteiger partial charge in [-0.25, -0.2) is 4.98 Å². The molecule has 3 aromatic rings. The average molecular weight is 412 g/mol. The van der Waals surface area contributed by atoms with E-state index in [0.717, 1.165) is 46.6 Å². The maximum absolute atomic E-state index is 13.0. The zero-order valence-electron chi connectivity index (χ0n) is 16.6. The Morgan fingerprint density at radius 2 is 1.86 bits per heavy atom. The summed E-state index contributed by atoms with van der Waals surface area (Å²) in [4.78, 5) is 24.3. The molecule has 1 aromatic carbocycles. The number of amides is 1. The zero-order valence-corrected chi connectivity index (χ0v) is 18.2. The first-order valence-corrected chi connectivity index (χ1v) is 11.3. The zero-order chi connectivity index (χ0) is 19.7. The van der Waals surface area contributed by atoms with E-state index < -0.39 is 0 Å². The van der Waals surface area contributed by atoms with Gasteiger partial charge in [-0.2, -0.15) is 0 Å². The molecule has 4 rings (SSSR count). The molecule has 1 aliphatic rings. The number of thiophene rings is 1. The van der Waals surface area contributed by atoms with Crippen LogP contribution >= 0.6 is 22.7 Å². The van der Waals surface area contributed by atoms with Crippen molar-refractivity contribution >= 4 is 34.3 Å². The highest BCUT2D eigenvalue weighted by Crippen LogP contribution is 2.32. The largest absolute Gasteiger partial charge is 0.368 e. The van der Waals surface area contributed by atoms with Crippen molar-refractivity contribution in [2.24, 2.45) is 0 Å². The number of rotatable bonds is 4. The van der Waals surface area contributed by atoms with E-state index in [9.17, 15) is 4.79 Å². The normalized spacial score (nSPS) is 14.5. The summed E-state index contributed by atoms with van der Waals surface area (Å²) >= 11 is 3.32. The predicted octanol–water partition coefficient (Wildman–Crippen LogP) is 4.69. The summed E-state index contributed by atoms with van der Waals surface area (Å²) in [6.07, 6.45) is 0.447. The molecule has 28 heavy (non-hydrogen) atoms. The van der Waals surface area contributed by atoms with Gasteiger partial charge in [0.05, 0.1) is 22.0 Å². The maximum atomic E-state index is 13.0. The highest BCUT2D eigenvalue weighted by Gasteiger charge is 2.24. The van der Waals surface area contributed by atoms with Crippen molar-refractivity contribution in [1.82, 2.24) is 9.88 Å². The fraction of sp³-hybridized carbons (Fsp3) is 0.364. The second-order valence-corrected chi connectivity index (χ2v) is 9.48. The number of aryl methyl sites for hydroxylation is 2. The van der Waals surface area contributed by atoms with Gasteiger partial charge in [0.2, 0.25) is 5.91 Å². The van der Waals surface area contributed by atoms with Crippen molar-refractivity contribution in [3.05, 3.63) is 56.7 Å². The number of aromatic nitrogens is 1. The highest BCUT2D eigenvalue weighted by molar-refractivity contribution is 7.15. The van der Waals surface area contributed by atoms with Crippen LogP contribution in [0.1, 0.15) is 21.0 Å². The number of carbonyl (C=O) groups excluding carboxylic acids is 1. The van der Waals surface area contributed by atoms with E-state index in [0.29, 0.717) is 6.42 Å². The summed E-state index contributed by atoms with van der Waals surface area (Å²) in [6.45, 7) is 9.67. The van der Waals surface area contributed by atoms with Crippen LogP contribution in [0.2, 0.25) is 0 Å². The molecule has 0 bridgehead atoms. The van der Waals surface area contributed by atoms with Gasteiger partial charge in [0.15, 0.2) is 0 Å². The van der Waals surface area contributed by atoms with Crippen LogP contribution in [0.5, 0.6) is 0 Å². The summed E-state index contributed by atoms with van der Waals surface area (Å²) in [7, 11) is 0. The molecule has 1 aliphatic heterocycles. The van der Waals surface area contributed by atoms with E-state index in [2.05, 4.69) is 53.4 Å². The molecule has 0 unspecified atom stereocenters. The van der Waals surface area contributed by atoms with Crippen LogP contribution in [0.15, 0.2) is 35.7 Å². The van der Waals surface area contributed by atoms with Gasteiger partial charge >= 0.3 is 0 Å². The van der Waals surface area contributed by atoms with Crippen LogP contribution < -0.4 is 4.90 Å². The summed E-state index contributed by atoms with van der Waals surface area (Å²) in [6, 6.07) is 10.6. The van der Waals surface area contributed by atoms with E-state index in [1.807, 2.05) is 17.9 Å². The first kappa shape index (κ1) is 19.2. The fourth-order valence-corrected chi connectivity index (χ4v) is 5.47. The Morgan fingerprint density at radius 3 is 2.57 bits per heavy atom. The molecule has 0 aliphatic carbocycles.